The number of amides is 1. The van der Waals surface area contributed by atoms with E-state index in [1.165, 1.54) is 12.1 Å². The van der Waals surface area contributed by atoms with Crippen LogP contribution in [-0.2, 0) is 17.8 Å². The number of nitrogens with zero attached hydrogens (tertiary/aromatic N) is 1. The van der Waals surface area contributed by atoms with Gasteiger partial charge in [0.25, 0.3) is 0 Å². The minimum absolute atomic E-state index is 0.0161. The van der Waals surface area contributed by atoms with E-state index in [-0.39, 0.29) is 18.4 Å². The van der Waals surface area contributed by atoms with Crippen molar-refractivity contribution in [3.8, 4) is 0 Å². The SMILES string of the molecule is C=C(C)c1ccc(N)c(Cl)c1.CC.CC.CCCF.CN=Cc1ccc(CCC(=O)NCc2ccc(F)cc2)c2ccccc12. The van der Waals surface area contributed by atoms with Crippen molar-refractivity contribution in [2.24, 2.45) is 4.99 Å². The minimum atomic E-state index is -0.275. The molecule has 0 heterocycles. The molecule has 4 aromatic rings. The number of rotatable bonds is 8. The van der Waals surface area contributed by atoms with Gasteiger partial charge in [0.05, 0.1) is 17.4 Å². The van der Waals surface area contributed by atoms with Gasteiger partial charge in [-0.1, -0.05) is 113 Å². The first-order chi connectivity index (χ1) is 21.7. The van der Waals surface area contributed by atoms with Crippen LogP contribution in [0, 0.1) is 5.82 Å². The molecule has 4 rings (SSSR count). The normalized spacial score (nSPS) is 9.73. The Balaban J connectivity index is 0.000000843. The van der Waals surface area contributed by atoms with Crippen LogP contribution in [0.2, 0.25) is 5.02 Å². The molecule has 4 aromatic carbocycles. The Morgan fingerprint density at radius 2 is 1.58 bits per heavy atom. The number of nitrogen functional groups attached to an aromatic ring is 1. The molecule has 45 heavy (non-hydrogen) atoms. The summed E-state index contributed by atoms with van der Waals surface area (Å²) in [6, 6.07) is 23.9. The van der Waals surface area contributed by atoms with Crippen LogP contribution in [0.4, 0.5) is 14.5 Å². The van der Waals surface area contributed by atoms with Crippen molar-refractivity contribution >= 4 is 45.8 Å². The number of anilines is 1. The quantitative estimate of drug-likeness (QED) is 0.149. The fourth-order valence-electron chi connectivity index (χ4n) is 3.79. The van der Waals surface area contributed by atoms with Gasteiger partial charge in [-0.3, -0.25) is 14.2 Å². The highest BCUT2D eigenvalue weighted by Gasteiger charge is 2.08. The zero-order valence-corrected chi connectivity index (χ0v) is 28.6. The molecule has 0 saturated heterocycles. The second kappa shape index (κ2) is 24.3. The molecule has 0 unspecified atom stereocenters. The molecule has 0 atom stereocenters. The maximum atomic E-state index is 12.9. The summed E-state index contributed by atoms with van der Waals surface area (Å²) in [5, 5.41) is 5.76. The predicted octanol–water partition coefficient (Wildman–Crippen LogP) is 10.7. The molecular weight excluding hydrogens is 588 g/mol. The number of hydrogen-bond donors (Lipinski definition) is 2. The Labute approximate surface area is 274 Å². The summed E-state index contributed by atoms with van der Waals surface area (Å²) in [6.07, 6.45) is 3.58. The number of carbonyl (C=O) groups excluding carboxylic acids is 1. The molecule has 0 aromatic heterocycles. The lowest BCUT2D eigenvalue weighted by Gasteiger charge is -2.10. The van der Waals surface area contributed by atoms with Crippen LogP contribution in [0.15, 0.2) is 90.4 Å². The van der Waals surface area contributed by atoms with Crippen LogP contribution >= 0.6 is 11.6 Å². The molecule has 0 saturated carbocycles. The lowest BCUT2D eigenvalue weighted by atomic mass is 9.97. The number of alkyl halides is 1. The standard InChI is InChI=1S/C22H21FN2O.C9H10ClN.C3H7F.2C2H6/c1-24-15-18-9-8-17(20-4-2-3-5-21(18)20)10-13-22(26)25-14-16-6-11-19(23)12-7-16;1-6(2)7-3-4-9(11)8(10)5-7;1-2-3-4;2*1-2/h2-9,11-12,15H,10,13-14H2,1H3,(H,25,26);3-5H,1,11H2,2H3;2-3H2,1H3;2*1-2H3. The lowest BCUT2D eigenvalue weighted by Crippen LogP contribution is -2.23. The van der Waals surface area contributed by atoms with E-state index in [1.807, 2.05) is 71.2 Å². The first-order valence-corrected chi connectivity index (χ1v) is 15.8. The van der Waals surface area contributed by atoms with Crippen molar-refractivity contribution in [2.75, 3.05) is 19.5 Å². The Bertz CT molecular complexity index is 1450. The van der Waals surface area contributed by atoms with Crippen LogP contribution in [0.3, 0.4) is 0 Å². The second-order valence-corrected chi connectivity index (χ2v) is 9.76. The van der Waals surface area contributed by atoms with Crippen molar-refractivity contribution in [1.29, 1.82) is 0 Å². The van der Waals surface area contributed by atoms with E-state index in [1.54, 1.807) is 32.2 Å². The molecule has 0 fully saturated rings. The Morgan fingerprint density at radius 3 is 2.11 bits per heavy atom. The van der Waals surface area contributed by atoms with Crippen molar-refractivity contribution < 1.29 is 13.6 Å². The van der Waals surface area contributed by atoms with Crippen LogP contribution in [-0.4, -0.2) is 25.8 Å². The largest absolute Gasteiger partial charge is 0.398 e. The highest BCUT2D eigenvalue weighted by Crippen LogP contribution is 2.24. The van der Waals surface area contributed by atoms with Gasteiger partial charge in [-0.15, -0.1) is 0 Å². The first kappa shape index (κ1) is 41.0. The molecule has 0 aliphatic carbocycles. The smallest absolute Gasteiger partial charge is 0.220 e. The number of fused-ring (bicyclic) bond motifs is 1. The number of halogens is 3. The maximum absolute atomic E-state index is 12.9. The number of aliphatic imine (C=N–C) groups is 1. The van der Waals surface area contributed by atoms with Gasteiger partial charge >= 0.3 is 0 Å². The average molecular weight is 638 g/mol. The Hall–Kier alpha value is -4.03. The zero-order chi connectivity index (χ0) is 34.2. The van der Waals surface area contributed by atoms with Crippen LogP contribution in [0.5, 0.6) is 0 Å². The summed E-state index contributed by atoms with van der Waals surface area (Å²) in [5.74, 6) is -0.291. The van der Waals surface area contributed by atoms with E-state index in [0.29, 0.717) is 36.5 Å². The third-order valence-electron chi connectivity index (χ3n) is 6.02. The van der Waals surface area contributed by atoms with Gasteiger partial charge in [0.2, 0.25) is 5.91 Å². The maximum Gasteiger partial charge on any atom is 0.220 e. The molecule has 0 radical (unpaired) electrons. The topological polar surface area (TPSA) is 67.5 Å². The van der Waals surface area contributed by atoms with Crippen molar-refractivity contribution in [3.63, 3.8) is 0 Å². The summed E-state index contributed by atoms with van der Waals surface area (Å²) < 4.78 is 23.6. The monoisotopic (exact) mass is 637 g/mol. The summed E-state index contributed by atoms with van der Waals surface area (Å²) in [7, 11) is 1.76. The molecule has 0 bridgehead atoms. The zero-order valence-electron chi connectivity index (χ0n) is 27.9. The van der Waals surface area contributed by atoms with Crippen molar-refractivity contribution in [3.05, 3.63) is 119 Å². The molecule has 1 amide bonds. The Morgan fingerprint density at radius 1 is 0.978 bits per heavy atom. The average Bonchev–Trinajstić information content (AvgIpc) is 3.07. The molecule has 4 nitrogen and oxygen atoms in total. The van der Waals surface area contributed by atoms with Crippen LogP contribution in [0.1, 0.15) is 76.6 Å². The van der Waals surface area contributed by atoms with E-state index in [4.69, 9.17) is 17.3 Å². The van der Waals surface area contributed by atoms with Crippen molar-refractivity contribution in [1.82, 2.24) is 5.32 Å². The van der Waals surface area contributed by atoms with E-state index < -0.39 is 0 Å². The number of allylic oxidation sites excluding steroid dienone is 1. The molecule has 0 spiro atoms. The minimum Gasteiger partial charge on any atom is -0.398 e. The third kappa shape index (κ3) is 15.5. The van der Waals surface area contributed by atoms with Gasteiger partial charge < -0.3 is 11.1 Å². The predicted molar refractivity (Wildman–Crippen MR) is 194 cm³/mol. The van der Waals surface area contributed by atoms with E-state index in [0.717, 1.165) is 38.6 Å². The van der Waals surface area contributed by atoms with Crippen molar-refractivity contribution in [2.45, 2.75) is 67.3 Å². The summed E-state index contributed by atoms with van der Waals surface area (Å²) in [5.41, 5.74) is 11.3. The van der Waals surface area contributed by atoms with E-state index in [2.05, 4.69) is 35.1 Å². The number of aryl methyl sites for hydroxylation is 1. The highest BCUT2D eigenvalue weighted by molar-refractivity contribution is 6.33. The Kier molecular flexibility index (Phi) is 22.1. The summed E-state index contributed by atoms with van der Waals surface area (Å²) >= 11 is 5.79. The molecule has 0 aliphatic heterocycles. The van der Waals surface area contributed by atoms with Crippen LogP contribution in [0.25, 0.3) is 16.3 Å². The first-order valence-electron chi connectivity index (χ1n) is 15.4. The molecular formula is C38H50ClF2N3O. The fourth-order valence-corrected chi connectivity index (χ4v) is 3.97. The number of nitrogens with one attached hydrogen (secondary N) is 1. The summed E-state index contributed by atoms with van der Waals surface area (Å²) in [6.45, 7) is 15.8. The van der Waals surface area contributed by atoms with E-state index >= 15 is 0 Å². The van der Waals surface area contributed by atoms with Gasteiger partial charge in [-0.2, -0.15) is 0 Å². The molecule has 3 N–H and O–H groups in total. The number of nitrogens with two attached hydrogens (primary N) is 1. The van der Waals surface area contributed by atoms with Gasteiger partial charge in [-0.05, 0) is 71.5 Å². The van der Waals surface area contributed by atoms with Crippen LogP contribution < -0.4 is 11.1 Å². The number of carbonyl (C=O) groups is 1. The van der Waals surface area contributed by atoms with Gasteiger partial charge in [-0.25, -0.2) is 4.39 Å². The summed E-state index contributed by atoms with van der Waals surface area (Å²) in [4.78, 5) is 16.3. The van der Waals surface area contributed by atoms with Gasteiger partial charge in [0.15, 0.2) is 0 Å². The third-order valence-corrected chi connectivity index (χ3v) is 6.35. The van der Waals surface area contributed by atoms with Gasteiger partial charge in [0, 0.05) is 31.8 Å². The van der Waals surface area contributed by atoms with Gasteiger partial charge in [0.1, 0.15) is 5.82 Å². The molecule has 7 heteroatoms. The lowest BCUT2D eigenvalue weighted by molar-refractivity contribution is -0.121. The second-order valence-electron chi connectivity index (χ2n) is 9.36. The molecule has 244 valence electrons. The van der Waals surface area contributed by atoms with E-state index in [9.17, 15) is 13.6 Å². The fraction of sp³-hybridized carbons (Fsp3) is 0.316. The molecule has 0 aliphatic rings. The number of hydrogen-bond acceptors (Lipinski definition) is 3. The highest BCUT2D eigenvalue weighted by atomic mass is 35.5. The number of benzene rings is 4.